The van der Waals surface area contributed by atoms with Gasteiger partial charge in [0.25, 0.3) is 0 Å². The van der Waals surface area contributed by atoms with Crippen molar-refractivity contribution in [1.82, 2.24) is 10.2 Å². The Morgan fingerprint density at radius 2 is 1.90 bits per heavy atom. The molecule has 0 unspecified atom stereocenters. The lowest BCUT2D eigenvalue weighted by Gasteiger charge is -2.31. The summed E-state index contributed by atoms with van der Waals surface area (Å²) in [7, 11) is 1.70. The number of likely N-dealkylation sites (tertiary alicyclic amines) is 1. The number of rotatable bonds is 9. The van der Waals surface area contributed by atoms with E-state index in [0.29, 0.717) is 0 Å². The molecule has 1 amide bonds. The third kappa shape index (κ3) is 7.09. The Morgan fingerprint density at radius 3 is 2.62 bits per heavy atom. The van der Waals surface area contributed by atoms with E-state index in [1.54, 1.807) is 7.11 Å². The van der Waals surface area contributed by atoms with E-state index in [1.165, 1.54) is 16.7 Å². The largest absolute Gasteiger partial charge is 0.497 e. The minimum Gasteiger partial charge on any atom is -0.497 e. The van der Waals surface area contributed by atoms with E-state index in [-0.39, 0.29) is 11.8 Å². The SMILES string of the molecule is COc1cccc(CN2CCC(C(=O)NCCSCc3ccc(C)cc3)CC2)c1. The molecule has 0 atom stereocenters. The van der Waals surface area contributed by atoms with Gasteiger partial charge in [-0.25, -0.2) is 0 Å². The molecule has 0 aromatic heterocycles. The highest BCUT2D eigenvalue weighted by Gasteiger charge is 2.24. The van der Waals surface area contributed by atoms with Crippen molar-refractivity contribution in [3.05, 3.63) is 65.2 Å². The van der Waals surface area contributed by atoms with Crippen LogP contribution in [0.1, 0.15) is 29.5 Å². The van der Waals surface area contributed by atoms with Crippen LogP contribution >= 0.6 is 11.8 Å². The predicted octanol–water partition coefficient (Wildman–Crippen LogP) is 4.27. The molecule has 3 rings (SSSR count). The van der Waals surface area contributed by atoms with Gasteiger partial charge in [0.2, 0.25) is 5.91 Å². The second kappa shape index (κ2) is 11.3. The van der Waals surface area contributed by atoms with E-state index in [4.69, 9.17) is 4.74 Å². The molecule has 1 aliphatic heterocycles. The number of amides is 1. The van der Waals surface area contributed by atoms with Gasteiger partial charge in [-0.3, -0.25) is 9.69 Å². The van der Waals surface area contributed by atoms with E-state index < -0.39 is 0 Å². The molecule has 0 aliphatic carbocycles. The third-order valence-electron chi connectivity index (χ3n) is 5.43. The minimum absolute atomic E-state index is 0.152. The number of carbonyl (C=O) groups excluding carboxylic acids is 1. The molecule has 0 radical (unpaired) electrons. The Morgan fingerprint density at radius 1 is 1.14 bits per heavy atom. The number of carbonyl (C=O) groups is 1. The first-order valence-electron chi connectivity index (χ1n) is 10.4. The molecule has 29 heavy (non-hydrogen) atoms. The Kier molecular flexibility index (Phi) is 8.44. The summed E-state index contributed by atoms with van der Waals surface area (Å²) < 4.78 is 5.30. The number of hydrogen-bond acceptors (Lipinski definition) is 4. The van der Waals surface area contributed by atoms with E-state index >= 15 is 0 Å². The Labute approximate surface area is 179 Å². The first-order chi connectivity index (χ1) is 14.1. The highest BCUT2D eigenvalue weighted by atomic mass is 32.2. The van der Waals surface area contributed by atoms with Crippen LogP contribution in [0.25, 0.3) is 0 Å². The van der Waals surface area contributed by atoms with Crippen LogP contribution in [0.3, 0.4) is 0 Å². The molecule has 156 valence electrons. The van der Waals surface area contributed by atoms with Gasteiger partial charge in [-0.1, -0.05) is 42.0 Å². The zero-order valence-electron chi connectivity index (χ0n) is 17.5. The monoisotopic (exact) mass is 412 g/mol. The van der Waals surface area contributed by atoms with Crippen molar-refractivity contribution in [1.29, 1.82) is 0 Å². The summed E-state index contributed by atoms with van der Waals surface area (Å²) in [6.07, 6.45) is 1.87. The lowest BCUT2D eigenvalue weighted by atomic mass is 9.95. The van der Waals surface area contributed by atoms with Crippen LogP contribution in [0, 0.1) is 12.8 Å². The summed E-state index contributed by atoms with van der Waals surface area (Å²) in [6, 6.07) is 16.9. The highest BCUT2D eigenvalue weighted by Crippen LogP contribution is 2.21. The highest BCUT2D eigenvalue weighted by molar-refractivity contribution is 7.98. The first kappa shape index (κ1) is 21.7. The average Bonchev–Trinajstić information content (AvgIpc) is 2.75. The fraction of sp³-hybridized carbons (Fsp3) is 0.458. The molecule has 1 fully saturated rings. The molecule has 2 aromatic rings. The molecule has 0 bridgehead atoms. The van der Waals surface area contributed by atoms with Crippen LogP contribution in [-0.4, -0.2) is 43.3 Å². The number of thioether (sulfide) groups is 1. The zero-order chi connectivity index (χ0) is 20.5. The van der Waals surface area contributed by atoms with Crippen molar-refractivity contribution < 1.29 is 9.53 Å². The van der Waals surface area contributed by atoms with Gasteiger partial charge in [-0.05, 0) is 56.1 Å². The molecule has 0 saturated carbocycles. The maximum Gasteiger partial charge on any atom is 0.223 e. The number of nitrogens with zero attached hydrogens (tertiary/aromatic N) is 1. The lowest BCUT2D eigenvalue weighted by molar-refractivity contribution is -0.126. The zero-order valence-corrected chi connectivity index (χ0v) is 18.3. The summed E-state index contributed by atoms with van der Waals surface area (Å²) in [4.78, 5) is 14.9. The van der Waals surface area contributed by atoms with Crippen LogP contribution in [0.5, 0.6) is 5.75 Å². The van der Waals surface area contributed by atoms with E-state index in [1.807, 2.05) is 23.9 Å². The van der Waals surface area contributed by atoms with Gasteiger partial charge in [0.15, 0.2) is 0 Å². The fourth-order valence-electron chi connectivity index (χ4n) is 3.65. The van der Waals surface area contributed by atoms with Gasteiger partial charge in [-0.15, -0.1) is 0 Å². The number of benzene rings is 2. The van der Waals surface area contributed by atoms with Crippen LogP contribution in [0.4, 0.5) is 0 Å². The summed E-state index contributed by atoms with van der Waals surface area (Å²) in [5.41, 5.74) is 3.90. The second-order valence-corrected chi connectivity index (χ2v) is 8.84. The van der Waals surface area contributed by atoms with Crippen LogP contribution in [-0.2, 0) is 17.1 Å². The summed E-state index contributed by atoms with van der Waals surface area (Å²) in [6.45, 7) is 5.71. The summed E-state index contributed by atoms with van der Waals surface area (Å²) in [5, 5.41) is 3.13. The average molecular weight is 413 g/mol. The van der Waals surface area contributed by atoms with Crippen molar-refractivity contribution in [3.63, 3.8) is 0 Å². The van der Waals surface area contributed by atoms with E-state index in [9.17, 15) is 4.79 Å². The predicted molar refractivity (Wildman–Crippen MR) is 121 cm³/mol. The molecule has 5 heteroatoms. The van der Waals surface area contributed by atoms with Crippen molar-refractivity contribution in [2.45, 2.75) is 32.1 Å². The van der Waals surface area contributed by atoms with E-state index in [2.05, 4.69) is 53.5 Å². The van der Waals surface area contributed by atoms with Crippen LogP contribution < -0.4 is 10.1 Å². The minimum atomic E-state index is 0.152. The lowest BCUT2D eigenvalue weighted by Crippen LogP contribution is -2.40. The number of aryl methyl sites for hydroxylation is 1. The molecular weight excluding hydrogens is 380 g/mol. The van der Waals surface area contributed by atoms with Crippen LogP contribution in [0.2, 0.25) is 0 Å². The number of ether oxygens (including phenoxy) is 1. The number of methoxy groups -OCH3 is 1. The van der Waals surface area contributed by atoms with Crippen molar-refractivity contribution in [3.8, 4) is 5.75 Å². The second-order valence-electron chi connectivity index (χ2n) is 7.73. The normalized spacial score (nSPS) is 15.2. The summed E-state index contributed by atoms with van der Waals surface area (Å²) in [5.74, 6) is 3.23. The van der Waals surface area contributed by atoms with Gasteiger partial charge in [0, 0.05) is 30.5 Å². The van der Waals surface area contributed by atoms with Gasteiger partial charge >= 0.3 is 0 Å². The Balaban J connectivity index is 1.30. The van der Waals surface area contributed by atoms with Gasteiger partial charge in [0.1, 0.15) is 5.75 Å². The number of piperidine rings is 1. The summed E-state index contributed by atoms with van der Waals surface area (Å²) >= 11 is 1.87. The van der Waals surface area contributed by atoms with Gasteiger partial charge in [0.05, 0.1) is 7.11 Å². The van der Waals surface area contributed by atoms with Crippen LogP contribution in [0.15, 0.2) is 48.5 Å². The van der Waals surface area contributed by atoms with Crippen molar-refractivity contribution in [2.75, 3.05) is 32.5 Å². The molecule has 1 saturated heterocycles. The maximum atomic E-state index is 12.5. The molecule has 4 nitrogen and oxygen atoms in total. The Hall–Kier alpha value is -1.98. The first-order valence-corrected chi connectivity index (χ1v) is 11.6. The topological polar surface area (TPSA) is 41.6 Å². The van der Waals surface area contributed by atoms with Gasteiger partial charge < -0.3 is 10.1 Å². The van der Waals surface area contributed by atoms with Crippen molar-refractivity contribution >= 4 is 17.7 Å². The number of hydrogen-bond donors (Lipinski definition) is 1. The molecule has 1 aliphatic rings. The molecule has 0 spiro atoms. The van der Waals surface area contributed by atoms with Crippen molar-refractivity contribution in [2.24, 2.45) is 5.92 Å². The Bertz CT molecular complexity index is 771. The standard InChI is InChI=1S/C24H32N2O2S/c1-19-6-8-20(9-7-19)18-29-15-12-25-24(27)22-10-13-26(14-11-22)17-21-4-3-5-23(16-21)28-2/h3-9,16,22H,10-15,17-18H2,1-2H3,(H,25,27). The molecule has 2 aromatic carbocycles. The molecule has 1 heterocycles. The quantitative estimate of drug-likeness (QED) is 0.625. The third-order valence-corrected chi connectivity index (χ3v) is 6.46. The smallest absolute Gasteiger partial charge is 0.223 e. The number of nitrogens with one attached hydrogen (secondary N) is 1. The molecule has 1 N–H and O–H groups in total. The van der Waals surface area contributed by atoms with E-state index in [0.717, 1.165) is 56.3 Å². The maximum absolute atomic E-state index is 12.5. The van der Waals surface area contributed by atoms with Gasteiger partial charge in [-0.2, -0.15) is 11.8 Å². The molecular formula is C24H32N2O2S. The fourth-order valence-corrected chi connectivity index (χ4v) is 4.47.